The lowest BCUT2D eigenvalue weighted by molar-refractivity contribution is 0.137. The summed E-state index contributed by atoms with van der Waals surface area (Å²) in [6, 6.07) is 1.33. The highest BCUT2D eigenvalue weighted by molar-refractivity contribution is 9.10. The van der Waals surface area contributed by atoms with Crippen LogP contribution in [0.1, 0.15) is 24.9 Å². The molecule has 0 aliphatic heterocycles. The van der Waals surface area contributed by atoms with Gasteiger partial charge in [0.25, 0.3) is 0 Å². The van der Waals surface area contributed by atoms with Crippen LogP contribution in [0.4, 0.5) is 8.78 Å². The lowest BCUT2D eigenvalue weighted by atomic mass is 9.99. The van der Waals surface area contributed by atoms with Gasteiger partial charge in [0.2, 0.25) is 0 Å². The molecule has 1 aromatic rings. The van der Waals surface area contributed by atoms with Crippen molar-refractivity contribution in [2.24, 2.45) is 5.73 Å². The van der Waals surface area contributed by atoms with Gasteiger partial charge in [0, 0.05) is 5.56 Å². The smallest absolute Gasteiger partial charge is 0.145 e. The van der Waals surface area contributed by atoms with Gasteiger partial charge in [-0.3, -0.25) is 0 Å². The summed E-state index contributed by atoms with van der Waals surface area (Å²) < 4.78 is 27.0. The summed E-state index contributed by atoms with van der Waals surface area (Å²) in [4.78, 5) is 0. The van der Waals surface area contributed by atoms with E-state index < -0.39 is 23.8 Å². The van der Waals surface area contributed by atoms with E-state index in [0.717, 1.165) is 6.07 Å². The first-order valence-corrected chi connectivity index (χ1v) is 5.35. The minimum absolute atomic E-state index is 0.137. The van der Waals surface area contributed by atoms with E-state index >= 15 is 0 Å². The molecule has 0 aliphatic carbocycles. The molecule has 0 aliphatic rings. The van der Waals surface area contributed by atoms with E-state index in [1.165, 1.54) is 6.07 Å². The summed E-state index contributed by atoms with van der Waals surface area (Å²) >= 11 is 2.94. The van der Waals surface area contributed by atoms with Gasteiger partial charge in [-0.2, -0.15) is 0 Å². The quantitative estimate of drug-likeness (QED) is 0.836. The fraction of sp³-hybridized carbons (Fsp3) is 0.400. The molecule has 2 nitrogen and oxygen atoms in total. The van der Waals surface area contributed by atoms with Crippen molar-refractivity contribution in [2.75, 3.05) is 0 Å². The van der Waals surface area contributed by atoms with Crippen molar-refractivity contribution in [3.63, 3.8) is 0 Å². The Morgan fingerprint density at radius 1 is 1.47 bits per heavy atom. The number of aliphatic hydroxyl groups is 1. The van der Waals surface area contributed by atoms with Crippen molar-refractivity contribution >= 4 is 15.9 Å². The van der Waals surface area contributed by atoms with Crippen LogP contribution >= 0.6 is 15.9 Å². The molecule has 5 heteroatoms. The molecule has 1 aromatic carbocycles. The molecule has 15 heavy (non-hydrogen) atoms. The van der Waals surface area contributed by atoms with Crippen molar-refractivity contribution in [1.82, 2.24) is 0 Å². The third-order valence-corrected chi connectivity index (χ3v) is 2.86. The van der Waals surface area contributed by atoms with E-state index in [2.05, 4.69) is 15.9 Å². The standard InChI is InChI=1S/C10H12BrF2NO/c1-2-7(15)10(14)8-6(12)4-3-5(11)9(8)13/h3-4,7,10,15H,2,14H2,1H3/t7-,10-/m0/s1. The topological polar surface area (TPSA) is 46.2 Å². The van der Waals surface area contributed by atoms with E-state index in [9.17, 15) is 13.9 Å². The molecule has 0 unspecified atom stereocenters. The number of hydrogen-bond acceptors (Lipinski definition) is 2. The van der Waals surface area contributed by atoms with E-state index in [-0.39, 0.29) is 10.0 Å². The highest BCUT2D eigenvalue weighted by atomic mass is 79.9. The van der Waals surface area contributed by atoms with Crippen LogP contribution in [0, 0.1) is 11.6 Å². The molecule has 0 saturated heterocycles. The van der Waals surface area contributed by atoms with Gasteiger partial charge in [0.05, 0.1) is 16.6 Å². The highest BCUT2D eigenvalue weighted by Crippen LogP contribution is 2.27. The lowest BCUT2D eigenvalue weighted by Crippen LogP contribution is -2.27. The van der Waals surface area contributed by atoms with Gasteiger partial charge in [-0.05, 0) is 34.5 Å². The predicted molar refractivity (Wildman–Crippen MR) is 57.3 cm³/mol. The molecule has 3 N–H and O–H groups in total. The van der Waals surface area contributed by atoms with Crippen LogP contribution in [0.15, 0.2) is 16.6 Å². The first kappa shape index (κ1) is 12.5. The molecule has 84 valence electrons. The van der Waals surface area contributed by atoms with Gasteiger partial charge in [0.15, 0.2) is 0 Å². The third-order valence-electron chi connectivity index (χ3n) is 2.25. The number of rotatable bonds is 3. The summed E-state index contributed by atoms with van der Waals surface area (Å²) in [5, 5.41) is 9.45. The van der Waals surface area contributed by atoms with Crippen molar-refractivity contribution in [2.45, 2.75) is 25.5 Å². The molecule has 0 amide bonds. The molecule has 0 aromatic heterocycles. The SMILES string of the molecule is CC[C@H](O)[C@H](N)c1c(F)ccc(Br)c1F. The van der Waals surface area contributed by atoms with Crippen LogP contribution in [0.5, 0.6) is 0 Å². The largest absolute Gasteiger partial charge is 0.391 e. The zero-order chi connectivity index (χ0) is 11.6. The second kappa shape index (κ2) is 5.01. The predicted octanol–water partition coefficient (Wildman–Crippen LogP) is 2.50. The van der Waals surface area contributed by atoms with Crippen LogP contribution in [0.2, 0.25) is 0 Å². The number of benzene rings is 1. The molecule has 2 atom stereocenters. The fourth-order valence-corrected chi connectivity index (χ4v) is 1.64. The first-order chi connectivity index (χ1) is 6.99. The van der Waals surface area contributed by atoms with Gasteiger partial charge < -0.3 is 10.8 Å². The molecule has 0 radical (unpaired) electrons. The van der Waals surface area contributed by atoms with Crippen LogP contribution in [0.3, 0.4) is 0 Å². The molecule has 0 bridgehead atoms. The minimum Gasteiger partial charge on any atom is -0.391 e. The Kier molecular flexibility index (Phi) is 4.19. The van der Waals surface area contributed by atoms with Crippen LogP contribution in [0.25, 0.3) is 0 Å². The maximum atomic E-state index is 13.5. The fourth-order valence-electron chi connectivity index (χ4n) is 1.29. The van der Waals surface area contributed by atoms with Gasteiger partial charge >= 0.3 is 0 Å². The molecular weight excluding hydrogens is 268 g/mol. The van der Waals surface area contributed by atoms with Crippen molar-refractivity contribution in [3.8, 4) is 0 Å². The number of aliphatic hydroxyl groups excluding tert-OH is 1. The number of hydrogen-bond donors (Lipinski definition) is 2. The lowest BCUT2D eigenvalue weighted by Gasteiger charge is -2.19. The normalized spacial score (nSPS) is 15.1. The van der Waals surface area contributed by atoms with Crippen LogP contribution in [-0.4, -0.2) is 11.2 Å². The number of halogens is 3. The Balaban J connectivity index is 3.18. The van der Waals surface area contributed by atoms with E-state index in [1.54, 1.807) is 6.92 Å². The first-order valence-electron chi connectivity index (χ1n) is 4.56. The average Bonchev–Trinajstić information content (AvgIpc) is 2.22. The van der Waals surface area contributed by atoms with Crippen LogP contribution in [-0.2, 0) is 0 Å². The van der Waals surface area contributed by atoms with Crippen molar-refractivity contribution in [3.05, 3.63) is 33.8 Å². The molecule has 0 heterocycles. The molecular formula is C10H12BrF2NO. The maximum Gasteiger partial charge on any atom is 0.145 e. The Morgan fingerprint density at radius 3 is 2.60 bits per heavy atom. The average molecular weight is 280 g/mol. The molecule has 0 spiro atoms. The summed E-state index contributed by atoms with van der Waals surface area (Å²) in [6.07, 6.45) is -0.615. The van der Waals surface area contributed by atoms with Gasteiger partial charge in [-0.25, -0.2) is 8.78 Å². The number of nitrogens with two attached hydrogens (primary N) is 1. The Bertz CT molecular complexity index is 360. The molecule has 0 saturated carbocycles. The summed E-state index contributed by atoms with van der Waals surface area (Å²) in [5.74, 6) is -1.49. The zero-order valence-corrected chi connectivity index (χ0v) is 9.76. The van der Waals surface area contributed by atoms with Gasteiger partial charge in [0.1, 0.15) is 11.6 Å². The van der Waals surface area contributed by atoms with E-state index in [4.69, 9.17) is 5.73 Å². The third kappa shape index (κ3) is 2.53. The molecule has 1 rings (SSSR count). The summed E-state index contributed by atoms with van der Waals surface area (Å²) in [5.41, 5.74) is 5.29. The Labute approximate surface area is 95.2 Å². The van der Waals surface area contributed by atoms with E-state index in [1.807, 2.05) is 0 Å². The minimum atomic E-state index is -1.05. The monoisotopic (exact) mass is 279 g/mol. The highest BCUT2D eigenvalue weighted by Gasteiger charge is 2.23. The maximum absolute atomic E-state index is 13.5. The second-order valence-corrected chi connectivity index (χ2v) is 4.11. The Morgan fingerprint density at radius 2 is 2.07 bits per heavy atom. The van der Waals surface area contributed by atoms with Crippen molar-refractivity contribution < 1.29 is 13.9 Å². The second-order valence-electron chi connectivity index (χ2n) is 3.26. The Hall–Kier alpha value is -0.520. The summed E-state index contributed by atoms with van der Waals surface area (Å²) in [6.45, 7) is 1.69. The zero-order valence-electron chi connectivity index (χ0n) is 8.17. The van der Waals surface area contributed by atoms with Crippen LogP contribution < -0.4 is 5.73 Å². The summed E-state index contributed by atoms with van der Waals surface area (Å²) in [7, 11) is 0. The molecule has 0 fully saturated rings. The van der Waals surface area contributed by atoms with E-state index in [0.29, 0.717) is 6.42 Å². The van der Waals surface area contributed by atoms with Crippen molar-refractivity contribution in [1.29, 1.82) is 0 Å². The van der Waals surface area contributed by atoms with Gasteiger partial charge in [-0.15, -0.1) is 0 Å². The van der Waals surface area contributed by atoms with Gasteiger partial charge in [-0.1, -0.05) is 6.92 Å².